The van der Waals surface area contributed by atoms with Gasteiger partial charge in [0.05, 0.1) is 16.9 Å². The van der Waals surface area contributed by atoms with Gasteiger partial charge in [0.2, 0.25) is 5.05 Å². The molecule has 0 amide bonds. The molecule has 0 saturated heterocycles. The van der Waals surface area contributed by atoms with Gasteiger partial charge >= 0.3 is 0 Å². The van der Waals surface area contributed by atoms with Crippen LogP contribution in [0.1, 0.15) is 9.75 Å². The Labute approximate surface area is 96.1 Å². The van der Waals surface area contributed by atoms with Gasteiger partial charge in [0.1, 0.15) is 0 Å². The summed E-state index contributed by atoms with van der Waals surface area (Å²) in [5.74, 6) is 0. The number of rotatable bonds is 2. The van der Waals surface area contributed by atoms with Crippen LogP contribution in [-0.2, 0) is 13.8 Å². The van der Waals surface area contributed by atoms with E-state index in [0.29, 0.717) is 9.75 Å². The van der Waals surface area contributed by atoms with Crippen LogP contribution in [-0.4, -0.2) is 20.6 Å². The molecule has 0 radical (unpaired) electrons. The highest BCUT2D eigenvalue weighted by Crippen LogP contribution is 2.28. The van der Waals surface area contributed by atoms with Gasteiger partial charge in [-0.05, 0) is 25.2 Å². The third-order valence-electron chi connectivity index (χ3n) is 1.52. The molecular formula is C7H7ClO3S3. The SMILES string of the molecule is COC(=S)c1cc(S(=O)(=O)Cl)c(C)s1. The van der Waals surface area contributed by atoms with E-state index in [1.54, 1.807) is 6.92 Å². The molecule has 0 saturated carbocycles. The molecule has 7 heteroatoms. The normalized spacial score (nSPS) is 11.4. The Morgan fingerprint density at radius 3 is 2.57 bits per heavy atom. The Hall–Kier alpha value is -0.170. The van der Waals surface area contributed by atoms with Gasteiger partial charge in [0, 0.05) is 15.6 Å². The zero-order valence-corrected chi connectivity index (χ0v) is 10.6. The van der Waals surface area contributed by atoms with Crippen LogP contribution in [0.15, 0.2) is 11.0 Å². The van der Waals surface area contributed by atoms with Crippen molar-refractivity contribution in [3.63, 3.8) is 0 Å². The van der Waals surface area contributed by atoms with Gasteiger partial charge in [-0.1, -0.05) is 0 Å². The Morgan fingerprint density at radius 1 is 1.64 bits per heavy atom. The Balaban J connectivity index is 3.25. The van der Waals surface area contributed by atoms with Gasteiger partial charge in [-0.2, -0.15) is 0 Å². The third kappa shape index (κ3) is 2.44. The van der Waals surface area contributed by atoms with Gasteiger partial charge in [0.15, 0.2) is 0 Å². The molecule has 0 aliphatic heterocycles. The molecule has 1 aromatic heterocycles. The quantitative estimate of drug-likeness (QED) is 0.611. The lowest BCUT2D eigenvalue weighted by atomic mass is 10.4. The Kier molecular flexibility index (Phi) is 3.52. The summed E-state index contributed by atoms with van der Waals surface area (Å²) in [6.45, 7) is 1.67. The van der Waals surface area contributed by atoms with E-state index >= 15 is 0 Å². The number of hydrogen-bond donors (Lipinski definition) is 0. The van der Waals surface area contributed by atoms with Gasteiger partial charge < -0.3 is 4.74 Å². The van der Waals surface area contributed by atoms with Crippen molar-refractivity contribution in [3.8, 4) is 0 Å². The maximum atomic E-state index is 11.1. The zero-order chi connectivity index (χ0) is 10.9. The zero-order valence-electron chi connectivity index (χ0n) is 7.40. The average molecular weight is 271 g/mol. The molecule has 0 atom stereocenters. The van der Waals surface area contributed by atoms with Crippen LogP contribution >= 0.6 is 34.2 Å². The molecule has 0 aliphatic rings. The van der Waals surface area contributed by atoms with Crippen LogP contribution in [0.4, 0.5) is 0 Å². The number of aryl methyl sites for hydroxylation is 1. The topological polar surface area (TPSA) is 43.4 Å². The largest absolute Gasteiger partial charge is 0.486 e. The molecule has 78 valence electrons. The lowest BCUT2D eigenvalue weighted by Crippen LogP contribution is -1.95. The second kappa shape index (κ2) is 4.14. The number of hydrogen-bond acceptors (Lipinski definition) is 5. The first-order chi connectivity index (χ1) is 6.36. The molecule has 3 nitrogen and oxygen atoms in total. The Bertz CT molecular complexity index is 461. The fourth-order valence-corrected chi connectivity index (χ4v) is 3.67. The highest BCUT2D eigenvalue weighted by atomic mass is 35.7. The fourth-order valence-electron chi connectivity index (χ4n) is 0.909. The summed E-state index contributed by atoms with van der Waals surface area (Å²) in [5, 5.41) is 0.268. The van der Waals surface area contributed by atoms with Crippen molar-refractivity contribution in [1.29, 1.82) is 0 Å². The predicted octanol–water partition coefficient (Wildman–Crippen LogP) is 2.31. The number of thiocarbonyl (C=S) groups is 1. The van der Waals surface area contributed by atoms with Crippen LogP contribution in [0.3, 0.4) is 0 Å². The monoisotopic (exact) mass is 270 g/mol. The van der Waals surface area contributed by atoms with Crippen LogP contribution in [0.2, 0.25) is 0 Å². The minimum Gasteiger partial charge on any atom is -0.486 e. The first-order valence-corrected chi connectivity index (χ1v) is 7.03. The first-order valence-electron chi connectivity index (χ1n) is 3.49. The predicted molar refractivity (Wildman–Crippen MR) is 60.8 cm³/mol. The van der Waals surface area contributed by atoms with E-state index in [0.717, 1.165) is 0 Å². The van der Waals surface area contributed by atoms with E-state index in [4.69, 9.17) is 27.6 Å². The van der Waals surface area contributed by atoms with Crippen molar-refractivity contribution >= 4 is 48.3 Å². The van der Waals surface area contributed by atoms with E-state index in [-0.39, 0.29) is 9.95 Å². The molecule has 0 bridgehead atoms. The van der Waals surface area contributed by atoms with Gasteiger partial charge in [-0.25, -0.2) is 8.42 Å². The number of methoxy groups -OCH3 is 1. The average Bonchev–Trinajstić information content (AvgIpc) is 2.45. The summed E-state index contributed by atoms with van der Waals surface area (Å²) in [6.07, 6.45) is 0. The van der Waals surface area contributed by atoms with Crippen LogP contribution in [0.5, 0.6) is 0 Å². The first kappa shape index (κ1) is 11.9. The summed E-state index contributed by atoms with van der Waals surface area (Å²) in [6, 6.07) is 1.42. The highest BCUT2D eigenvalue weighted by molar-refractivity contribution is 8.13. The molecule has 0 fully saturated rings. The van der Waals surface area contributed by atoms with Crippen LogP contribution < -0.4 is 0 Å². The summed E-state index contributed by atoms with van der Waals surface area (Å²) < 4.78 is 27.0. The van der Waals surface area contributed by atoms with E-state index < -0.39 is 9.05 Å². The molecule has 1 aromatic rings. The summed E-state index contributed by atoms with van der Waals surface area (Å²) in [4.78, 5) is 1.30. The fraction of sp³-hybridized carbons (Fsp3) is 0.286. The molecule has 1 rings (SSSR count). The van der Waals surface area contributed by atoms with Gasteiger partial charge in [0.25, 0.3) is 9.05 Å². The van der Waals surface area contributed by atoms with Crippen molar-refractivity contribution in [2.24, 2.45) is 0 Å². The Morgan fingerprint density at radius 2 is 2.21 bits per heavy atom. The number of thiophene rings is 1. The van der Waals surface area contributed by atoms with Gasteiger partial charge in [-0.15, -0.1) is 11.3 Å². The van der Waals surface area contributed by atoms with Crippen molar-refractivity contribution < 1.29 is 13.2 Å². The van der Waals surface area contributed by atoms with Crippen molar-refractivity contribution in [2.45, 2.75) is 11.8 Å². The van der Waals surface area contributed by atoms with E-state index in [2.05, 4.69) is 0 Å². The molecule has 0 aliphatic carbocycles. The lowest BCUT2D eigenvalue weighted by molar-refractivity contribution is 0.417. The number of halogens is 1. The minimum absolute atomic E-state index is 0.0959. The highest BCUT2D eigenvalue weighted by Gasteiger charge is 2.18. The van der Waals surface area contributed by atoms with E-state index in [9.17, 15) is 8.42 Å². The van der Waals surface area contributed by atoms with Crippen LogP contribution in [0.25, 0.3) is 0 Å². The van der Waals surface area contributed by atoms with Crippen molar-refractivity contribution in [2.75, 3.05) is 7.11 Å². The van der Waals surface area contributed by atoms with E-state index in [1.165, 1.54) is 24.5 Å². The molecule has 1 heterocycles. The smallest absolute Gasteiger partial charge is 0.262 e. The van der Waals surface area contributed by atoms with Crippen molar-refractivity contribution in [3.05, 3.63) is 15.8 Å². The summed E-state index contributed by atoms with van der Waals surface area (Å²) in [7, 11) is 2.97. The second-order valence-electron chi connectivity index (χ2n) is 2.46. The minimum atomic E-state index is -3.69. The van der Waals surface area contributed by atoms with E-state index in [1.807, 2.05) is 0 Å². The van der Waals surface area contributed by atoms with Gasteiger partial charge in [-0.3, -0.25) is 0 Å². The maximum absolute atomic E-state index is 11.1. The lowest BCUT2D eigenvalue weighted by Gasteiger charge is -1.95. The molecule has 0 aromatic carbocycles. The van der Waals surface area contributed by atoms with Crippen LogP contribution in [0, 0.1) is 6.92 Å². The molecule has 14 heavy (non-hydrogen) atoms. The standard InChI is InChI=1S/C7H7ClO3S3/c1-4-6(14(8,9)10)3-5(13-4)7(12)11-2/h3H,1-2H3. The van der Waals surface area contributed by atoms with Crippen molar-refractivity contribution in [1.82, 2.24) is 0 Å². The molecule has 0 N–H and O–H groups in total. The number of ether oxygens (including phenoxy) is 1. The third-order valence-corrected chi connectivity index (χ3v) is 4.66. The molecule has 0 spiro atoms. The second-order valence-corrected chi connectivity index (χ2v) is 6.62. The maximum Gasteiger partial charge on any atom is 0.262 e. The molecular weight excluding hydrogens is 264 g/mol. The molecule has 0 unspecified atom stereocenters. The summed E-state index contributed by atoms with van der Waals surface area (Å²) in [5.41, 5.74) is 0. The summed E-state index contributed by atoms with van der Waals surface area (Å²) >= 11 is 6.11.